The maximum Gasteiger partial charge on any atom is 0.159 e. The third kappa shape index (κ3) is 2.79. The molecule has 1 aromatic carbocycles. The number of hydrogen-bond acceptors (Lipinski definition) is 7. The van der Waals surface area contributed by atoms with E-state index in [0.717, 1.165) is 21.6 Å². The molecule has 0 spiro atoms. The molecule has 0 aliphatic carbocycles. The Kier molecular flexibility index (Phi) is 4.27. The molecule has 3 aromatic rings. The van der Waals surface area contributed by atoms with Crippen LogP contribution in [0.15, 0.2) is 24.3 Å². The molecule has 2 aromatic heterocycles. The van der Waals surface area contributed by atoms with Crippen molar-refractivity contribution in [2.75, 3.05) is 18.0 Å². The molecule has 134 valence electrons. The predicted octanol–water partition coefficient (Wildman–Crippen LogP) is 3.86. The van der Waals surface area contributed by atoms with Crippen molar-refractivity contribution in [1.29, 1.82) is 0 Å². The lowest BCUT2D eigenvalue weighted by Crippen LogP contribution is -2.19. The van der Waals surface area contributed by atoms with Crippen LogP contribution in [-0.2, 0) is 11.3 Å². The van der Waals surface area contributed by atoms with Gasteiger partial charge in [-0.25, -0.2) is 18.7 Å². The van der Waals surface area contributed by atoms with E-state index in [1.165, 1.54) is 11.3 Å². The van der Waals surface area contributed by atoms with Crippen LogP contribution in [0.5, 0.6) is 0 Å². The van der Waals surface area contributed by atoms with Crippen LogP contribution in [0, 0.1) is 18.6 Å². The molecule has 6 nitrogen and oxygen atoms in total. The molecule has 0 saturated heterocycles. The largest absolute Gasteiger partial charge is 0.378 e. The molecule has 0 saturated carbocycles. The van der Waals surface area contributed by atoms with E-state index < -0.39 is 11.6 Å². The Morgan fingerprint density at radius 1 is 1.12 bits per heavy atom. The molecule has 0 bridgehead atoms. The van der Waals surface area contributed by atoms with Gasteiger partial charge in [-0.1, -0.05) is 6.07 Å². The number of halogens is 2. The molecular formula is C17H15F2N5OS. The number of fused-ring (bicyclic) bond motifs is 1. The Labute approximate surface area is 152 Å². The number of anilines is 2. The number of benzene rings is 1. The van der Waals surface area contributed by atoms with Gasteiger partial charge < -0.3 is 4.74 Å². The van der Waals surface area contributed by atoms with Crippen LogP contribution in [0.2, 0.25) is 0 Å². The van der Waals surface area contributed by atoms with Crippen LogP contribution in [-0.4, -0.2) is 17.1 Å². The summed E-state index contributed by atoms with van der Waals surface area (Å²) in [6.07, 6.45) is 0. The molecule has 26 heavy (non-hydrogen) atoms. The lowest BCUT2D eigenvalue weighted by molar-refractivity contribution is 0.184. The number of nitrogens with one attached hydrogen (secondary N) is 3. The molecule has 3 N–H and O–H groups in total. The third-order valence-electron chi connectivity index (χ3n) is 3.96. The smallest absolute Gasteiger partial charge is 0.159 e. The van der Waals surface area contributed by atoms with E-state index in [4.69, 9.17) is 4.74 Å². The van der Waals surface area contributed by atoms with Crippen LogP contribution in [0.3, 0.4) is 0 Å². The molecular weight excluding hydrogens is 360 g/mol. The molecule has 4 rings (SSSR count). The zero-order valence-electron chi connectivity index (χ0n) is 14.0. The number of pyridine rings is 1. The van der Waals surface area contributed by atoms with Gasteiger partial charge in [0.05, 0.1) is 28.6 Å². The summed E-state index contributed by atoms with van der Waals surface area (Å²) in [6, 6.07) is 6.37. The minimum atomic E-state index is -0.579. The monoisotopic (exact) mass is 375 g/mol. The fraction of sp³-hybridized carbons (Fsp3) is 0.176. The van der Waals surface area contributed by atoms with E-state index in [1.54, 1.807) is 19.2 Å². The fourth-order valence-corrected chi connectivity index (χ4v) is 3.80. The summed E-state index contributed by atoms with van der Waals surface area (Å²) in [7, 11) is 1.61. The van der Waals surface area contributed by atoms with Gasteiger partial charge in [-0.3, -0.25) is 10.9 Å². The van der Waals surface area contributed by atoms with E-state index >= 15 is 0 Å². The molecule has 9 heteroatoms. The fourth-order valence-electron chi connectivity index (χ4n) is 2.79. The standard InChI is InChI=1S/C17H15F2N5OS/c1-8-17(26-13(20-8)7-25-2)12-5-3-4-11(21-12)9-6-10(18)15-16(14(9)19)23-24-22-15/h3-6,22-24H,7H2,1-2H3. The number of rotatable bonds is 4. The van der Waals surface area contributed by atoms with Crippen molar-refractivity contribution >= 4 is 22.7 Å². The zero-order valence-corrected chi connectivity index (χ0v) is 14.8. The minimum absolute atomic E-state index is 0.0311. The van der Waals surface area contributed by atoms with Crippen LogP contribution < -0.4 is 16.4 Å². The highest BCUT2D eigenvalue weighted by molar-refractivity contribution is 7.15. The highest BCUT2D eigenvalue weighted by Crippen LogP contribution is 2.37. The van der Waals surface area contributed by atoms with E-state index in [0.29, 0.717) is 18.0 Å². The lowest BCUT2D eigenvalue weighted by atomic mass is 10.1. The first-order valence-corrected chi connectivity index (χ1v) is 8.62. The number of hydrazine groups is 2. The normalized spacial score (nSPS) is 12.6. The number of ether oxygens (including phenoxy) is 1. The van der Waals surface area contributed by atoms with Gasteiger partial charge in [0, 0.05) is 12.7 Å². The summed E-state index contributed by atoms with van der Waals surface area (Å²) >= 11 is 1.47. The van der Waals surface area contributed by atoms with Crippen LogP contribution in [0.1, 0.15) is 10.7 Å². The Morgan fingerprint density at radius 2 is 1.88 bits per heavy atom. The molecule has 0 fully saturated rings. The first-order chi connectivity index (χ1) is 12.6. The van der Waals surface area contributed by atoms with Gasteiger partial charge >= 0.3 is 0 Å². The SMILES string of the molecule is COCc1nc(C)c(-c2cccc(-c3cc(F)c4c(c3F)NNN4)n2)s1. The first kappa shape index (κ1) is 16.8. The van der Waals surface area contributed by atoms with Gasteiger partial charge in [0.1, 0.15) is 16.4 Å². The van der Waals surface area contributed by atoms with Crippen molar-refractivity contribution in [2.24, 2.45) is 0 Å². The average Bonchev–Trinajstić information content (AvgIpc) is 3.26. The summed E-state index contributed by atoms with van der Waals surface area (Å²) in [5.41, 5.74) is 9.57. The van der Waals surface area contributed by atoms with E-state index in [2.05, 4.69) is 26.4 Å². The van der Waals surface area contributed by atoms with Crippen molar-refractivity contribution in [1.82, 2.24) is 15.5 Å². The number of methoxy groups -OCH3 is 1. The highest BCUT2D eigenvalue weighted by Gasteiger charge is 2.24. The number of aryl methyl sites for hydroxylation is 1. The van der Waals surface area contributed by atoms with Crippen molar-refractivity contribution in [3.8, 4) is 21.8 Å². The minimum Gasteiger partial charge on any atom is -0.378 e. The maximum atomic E-state index is 14.8. The van der Waals surface area contributed by atoms with E-state index in [1.807, 2.05) is 13.0 Å². The number of aromatic nitrogens is 2. The summed E-state index contributed by atoms with van der Waals surface area (Å²) in [4.78, 5) is 9.86. The second-order valence-electron chi connectivity index (χ2n) is 5.71. The van der Waals surface area contributed by atoms with Crippen molar-refractivity contribution < 1.29 is 13.5 Å². The summed E-state index contributed by atoms with van der Waals surface area (Å²) in [5, 5.41) is 0.836. The number of nitrogens with zero attached hydrogens (tertiary/aromatic N) is 2. The average molecular weight is 375 g/mol. The molecule has 0 radical (unpaired) electrons. The predicted molar refractivity (Wildman–Crippen MR) is 96.5 cm³/mol. The number of thiazole rings is 1. The Bertz CT molecular complexity index is 992. The second kappa shape index (κ2) is 6.60. The molecule has 1 aliphatic heterocycles. The third-order valence-corrected chi connectivity index (χ3v) is 5.11. The van der Waals surface area contributed by atoms with Gasteiger partial charge in [-0.05, 0) is 25.1 Å². The van der Waals surface area contributed by atoms with Crippen molar-refractivity contribution in [2.45, 2.75) is 13.5 Å². The van der Waals surface area contributed by atoms with Gasteiger partial charge in [0.2, 0.25) is 0 Å². The Morgan fingerprint density at radius 3 is 2.69 bits per heavy atom. The molecule has 0 unspecified atom stereocenters. The first-order valence-electron chi connectivity index (χ1n) is 7.80. The Balaban J connectivity index is 1.79. The molecule has 1 aliphatic rings. The number of hydrogen-bond donors (Lipinski definition) is 3. The van der Waals surface area contributed by atoms with E-state index in [-0.39, 0.29) is 16.9 Å². The van der Waals surface area contributed by atoms with E-state index in [9.17, 15) is 8.78 Å². The maximum absolute atomic E-state index is 14.8. The molecule has 0 amide bonds. The summed E-state index contributed by atoms with van der Waals surface area (Å²) in [6.45, 7) is 2.30. The molecule has 0 atom stereocenters. The zero-order chi connectivity index (χ0) is 18.3. The highest BCUT2D eigenvalue weighted by atomic mass is 32.1. The van der Waals surface area contributed by atoms with Gasteiger partial charge in [0.25, 0.3) is 0 Å². The molecule has 3 heterocycles. The van der Waals surface area contributed by atoms with Gasteiger partial charge in [-0.15, -0.1) is 16.9 Å². The Hall–Kier alpha value is -2.62. The van der Waals surface area contributed by atoms with Crippen molar-refractivity contribution in [3.63, 3.8) is 0 Å². The van der Waals surface area contributed by atoms with Crippen LogP contribution in [0.4, 0.5) is 20.2 Å². The van der Waals surface area contributed by atoms with Crippen molar-refractivity contribution in [3.05, 3.63) is 46.6 Å². The quantitative estimate of drug-likeness (QED) is 0.643. The second-order valence-corrected chi connectivity index (χ2v) is 6.79. The van der Waals surface area contributed by atoms with Gasteiger partial charge in [0.15, 0.2) is 11.6 Å². The van der Waals surface area contributed by atoms with Gasteiger partial charge in [-0.2, -0.15) is 0 Å². The lowest BCUT2D eigenvalue weighted by Gasteiger charge is -2.09. The summed E-state index contributed by atoms with van der Waals surface area (Å²) in [5.74, 6) is -1.15. The van der Waals surface area contributed by atoms with Crippen LogP contribution in [0.25, 0.3) is 21.8 Å². The topological polar surface area (TPSA) is 71.1 Å². The summed E-state index contributed by atoms with van der Waals surface area (Å²) < 4.78 is 34.1. The van der Waals surface area contributed by atoms with Crippen LogP contribution >= 0.6 is 11.3 Å².